The summed E-state index contributed by atoms with van der Waals surface area (Å²) in [6.07, 6.45) is 0. The fourth-order valence-electron chi connectivity index (χ4n) is 3.40. The Morgan fingerprint density at radius 2 is 1.29 bits per heavy atom. The van der Waals surface area contributed by atoms with Crippen molar-refractivity contribution in [2.45, 2.75) is 18.2 Å². The standard InChI is InChI=1S/C23H23N2OPS/c1-18-22(19-12-6-3-7-13-19)28-23(25(18)2)24-27(26,20-14-8-4-9-15-20)21-16-10-5-11-17-21/h3-18,22H,1-2H3/b24-23+/t18-,22+/m1/s1. The lowest BCUT2D eigenvalue weighted by molar-refractivity contribution is 0.404. The Balaban J connectivity index is 1.78. The highest BCUT2D eigenvalue weighted by Crippen LogP contribution is 2.50. The lowest BCUT2D eigenvalue weighted by Crippen LogP contribution is -2.28. The van der Waals surface area contributed by atoms with E-state index < -0.39 is 7.29 Å². The number of hydrogen-bond donors (Lipinski definition) is 0. The summed E-state index contributed by atoms with van der Waals surface area (Å²) in [5.41, 5.74) is 1.27. The zero-order valence-corrected chi connectivity index (χ0v) is 17.7. The van der Waals surface area contributed by atoms with Gasteiger partial charge in [-0.2, -0.15) is 4.76 Å². The molecule has 0 unspecified atom stereocenters. The van der Waals surface area contributed by atoms with Gasteiger partial charge in [-0.3, -0.25) is 4.57 Å². The average molecular weight is 406 g/mol. The van der Waals surface area contributed by atoms with E-state index in [-0.39, 0.29) is 11.3 Å². The highest BCUT2D eigenvalue weighted by atomic mass is 32.2. The minimum absolute atomic E-state index is 0.268. The van der Waals surface area contributed by atoms with Crippen molar-refractivity contribution >= 4 is 34.8 Å². The van der Waals surface area contributed by atoms with Crippen molar-refractivity contribution in [3.8, 4) is 0 Å². The van der Waals surface area contributed by atoms with Crippen LogP contribution in [0.3, 0.4) is 0 Å². The number of thioether (sulfide) groups is 1. The Morgan fingerprint density at radius 3 is 1.79 bits per heavy atom. The highest BCUT2D eigenvalue weighted by Gasteiger charge is 2.37. The molecule has 3 nitrogen and oxygen atoms in total. The second kappa shape index (κ2) is 7.98. The van der Waals surface area contributed by atoms with E-state index in [1.807, 2.05) is 73.8 Å². The second-order valence-electron chi connectivity index (χ2n) is 6.93. The average Bonchev–Trinajstić information content (AvgIpc) is 3.04. The van der Waals surface area contributed by atoms with Crippen molar-refractivity contribution in [1.82, 2.24) is 4.90 Å². The van der Waals surface area contributed by atoms with Crippen LogP contribution >= 0.6 is 19.1 Å². The third kappa shape index (κ3) is 3.55. The van der Waals surface area contributed by atoms with Gasteiger partial charge in [0.2, 0.25) is 7.29 Å². The number of hydrogen-bond acceptors (Lipinski definition) is 2. The quantitative estimate of drug-likeness (QED) is 0.567. The molecule has 3 aromatic carbocycles. The molecule has 28 heavy (non-hydrogen) atoms. The van der Waals surface area contributed by atoms with Crippen LogP contribution in [0.1, 0.15) is 17.7 Å². The largest absolute Gasteiger partial charge is 0.350 e. The van der Waals surface area contributed by atoms with Crippen LogP contribution in [0.4, 0.5) is 0 Å². The highest BCUT2D eigenvalue weighted by molar-refractivity contribution is 8.14. The third-order valence-electron chi connectivity index (χ3n) is 5.15. The molecule has 5 heteroatoms. The Hall–Kier alpha value is -2.29. The zero-order chi connectivity index (χ0) is 19.6. The van der Waals surface area contributed by atoms with Crippen LogP contribution in [0.25, 0.3) is 0 Å². The minimum Gasteiger partial charge on any atom is -0.350 e. The van der Waals surface area contributed by atoms with Crippen molar-refractivity contribution < 1.29 is 4.57 Å². The second-order valence-corrected chi connectivity index (χ2v) is 10.4. The Labute approximate surface area is 170 Å². The first-order chi connectivity index (χ1) is 13.6. The van der Waals surface area contributed by atoms with Crippen LogP contribution in [0.5, 0.6) is 0 Å². The van der Waals surface area contributed by atoms with Crippen LogP contribution in [-0.4, -0.2) is 23.2 Å². The summed E-state index contributed by atoms with van der Waals surface area (Å²) in [7, 11) is -1.09. The summed E-state index contributed by atoms with van der Waals surface area (Å²) in [5.74, 6) is 0. The van der Waals surface area contributed by atoms with Gasteiger partial charge in [-0.25, -0.2) is 0 Å². The van der Waals surface area contributed by atoms with E-state index in [2.05, 4.69) is 36.1 Å². The molecule has 0 amide bonds. The minimum atomic E-state index is -3.13. The first kappa shape index (κ1) is 19.0. The number of nitrogens with zero attached hydrogens (tertiary/aromatic N) is 2. The van der Waals surface area contributed by atoms with Gasteiger partial charge >= 0.3 is 0 Å². The van der Waals surface area contributed by atoms with E-state index in [1.54, 1.807) is 11.8 Å². The predicted octanol–water partition coefficient (Wildman–Crippen LogP) is 5.08. The number of likely N-dealkylation sites (N-methyl/N-ethyl adjacent to an activating group) is 1. The summed E-state index contributed by atoms with van der Waals surface area (Å²) >= 11 is 1.70. The number of amidine groups is 1. The molecular formula is C23H23N2OPS. The van der Waals surface area contributed by atoms with E-state index in [0.717, 1.165) is 15.8 Å². The van der Waals surface area contributed by atoms with Gasteiger partial charge in [0.15, 0.2) is 5.17 Å². The van der Waals surface area contributed by atoms with Gasteiger partial charge in [0.25, 0.3) is 0 Å². The van der Waals surface area contributed by atoms with E-state index in [1.165, 1.54) is 5.56 Å². The van der Waals surface area contributed by atoms with Crippen molar-refractivity contribution in [2.75, 3.05) is 7.05 Å². The van der Waals surface area contributed by atoms with Gasteiger partial charge < -0.3 is 4.90 Å². The van der Waals surface area contributed by atoms with E-state index in [0.29, 0.717) is 0 Å². The van der Waals surface area contributed by atoms with Crippen LogP contribution in [0, 0.1) is 0 Å². The fraction of sp³-hybridized carbons (Fsp3) is 0.174. The molecule has 2 atom stereocenters. The first-order valence-corrected chi connectivity index (χ1v) is 11.9. The molecule has 0 radical (unpaired) electrons. The van der Waals surface area contributed by atoms with Crippen molar-refractivity contribution in [2.24, 2.45) is 4.76 Å². The molecule has 4 rings (SSSR count). The fourth-order valence-corrected chi connectivity index (χ4v) is 7.23. The molecule has 1 aliphatic heterocycles. The molecule has 0 spiro atoms. The molecule has 0 saturated carbocycles. The maximum atomic E-state index is 14.2. The molecule has 0 bridgehead atoms. The predicted molar refractivity (Wildman–Crippen MR) is 121 cm³/mol. The van der Waals surface area contributed by atoms with E-state index in [4.69, 9.17) is 4.76 Å². The molecule has 1 fully saturated rings. The van der Waals surface area contributed by atoms with Crippen molar-refractivity contribution in [3.05, 3.63) is 96.6 Å². The third-order valence-corrected chi connectivity index (χ3v) is 9.26. The summed E-state index contributed by atoms with van der Waals surface area (Å²) < 4.78 is 19.2. The van der Waals surface area contributed by atoms with Gasteiger partial charge in [0.05, 0.1) is 5.25 Å². The van der Waals surface area contributed by atoms with Crippen LogP contribution in [0.2, 0.25) is 0 Å². The summed E-state index contributed by atoms with van der Waals surface area (Å²) in [5, 5.41) is 2.62. The smallest absolute Gasteiger partial charge is 0.249 e. The van der Waals surface area contributed by atoms with Crippen LogP contribution < -0.4 is 10.6 Å². The maximum Gasteiger partial charge on any atom is 0.249 e. The number of benzene rings is 3. The zero-order valence-electron chi connectivity index (χ0n) is 16.0. The molecule has 0 N–H and O–H groups in total. The molecule has 1 aliphatic rings. The van der Waals surface area contributed by atoms with Gasteiger partial charge in [-0.05, 0) is 36.8 Å². The summed E-state index contributed by atoms with van der Waals surface area (Å²) in [6, 6.07) is 30.0. The van der Waals surface area contributed by atoms with Crippen molar-refractivity contribution in [1.29, 1.82) is 0 Å². The topological polar surface area (TPSA) is 32.7 Å². The Bertz CT molecular complexity index is 965. The lowest BCUT2D eigenvalue weighted by atomic mass is 10.1. The molecule has 142 valence electrons. The van der Waals surface area contributed by atoms with Gasteiger partial charge in [0, 0.05) is 23.7 Å². The normalized spacial score (nSPS) is 21.2. The molecule has 0 aliphatic carbocycles. The summed E-state index contributed by atoms with van der Waals surface area (Å²) in [4.78, 5) is 2.15. The molecule has 1 saturated heterocycles. The van der Waals surface area contributed by atoms with Gasteiger partial charge in [-0.15, -0.1) is 0 Å². The lowest BCUT2D eigenvalue weighted by Gasteiger charge is -2.21. The maximum absolute atomic E-state index is 14.2. The van der Waals surface area contributed by atoms with Gasteiger partial charge in [0.1, 0.15) is 0 Å². The summed E-state index contributed by atoms with van der Waals surface area (Å²) in [6.45, 7) is 2.20. The van der Waals surface area contributed by atoms with Crippen LogP contribution in [-0.2, 0) is 4.57 Å². The monoisotopic (exact) mass is 406 g/mol. The van der Waals surface area contributed by atoms with E-state index in [9.17, 15) is 4.57 Å². The molecule has 3 aromatic rings. The first-order valence-electron chi connectivity index (χ1n) is 9.35. The van der Waals surface area contributed by atoms with Crippen LogP contribution in [0.15, 0.2) is 95.8 Å². The Morgan fingerprint density at radius 1 is 0.821 bits per heavy atom. The van der Waals surface area contributed by atoms with E-state index >= 15 is 0 Å². The molecule has 1 heterocycles. The number of rotatable bonds is 4. The molecule has 0 aromatic heterocycles. The van der Waals surface area contributed by atoms with Gasteiger partial charge in [-0.1, -0.05) is 78.5 Å². The SMILES string of the molecule is C[C@@H]1[C@@H](c2ccccc2)S/C(=N/P(=O)(c2ccccc2)c2ccccc2)N1C. The molecular weight excluding hydrogens is 383 g/mol. The Kier molecular flexibility index (Phi) is 5.43. The van der Waals surface area contributed by atoms with Crippen molar-refractivity contribution in [3.63, 3.8) is 0 Å².